The van der Waals surface area contributed by atoms with Crippen molar-refractivity contribution in [3.8, 4) is 5.88 Å². The number of nitrogens with zero attached hydrogens (tertiary/aromatic N) is 4. The molecule has 24 heavy (non-hydrogen) atoms. The topological polar surface area (TPSA) is 53.7 Å². The molecule has 1 saturated heterocycles. The van der Waals surface area contributed by atoms with Crippen molar-refractivity contribution in [2.24, 2.45) is 0 Å². The van der Waals surface area contributed by atoms with Gasteiger partial charge in [-0.3, -0.25) is 4.90 Å². The zero-order valence-corrected chi connectivity index (χ0v) is 14.9. The molecule has 4 rings (SSSR count). The molecule has 2 aromatic heterocycles. The van der Waals surface area contributed by atoms with Crippen molar-refractivity contribution in [1.82, 2.24) is 19.5 Å². The number of aryl methyl sites for hydroxylation is 2. The first kappa shape index (κ1) is 15.6. The second-order valence-electron chi connectivity index (χ2n) is 6.43. The lowest BCUT2D eigenvalue weighted by molar-refractivity contribution is 0.277. The van der Waals surface area contributed by atoms with Crippen LogP contribution >= 0.6 is 11.3 Å². The molecular weight excluding hydrogens is 320 g/mol. The molecule has 0 unspecified atom stereocenters. The van der Waals surface area contributed by atoms with Crippen LogP contribution in [0.5, 0.6) is 5.88 Å². The Morgan fingerprint density at radius 3 is 2.75 bits per heavy atom. The Kier molecular flexibility index (Phi) is 4.02. The summed E-state index contributed by atoms with van der Waals surface area (Å²) in [5.74, 6) is 1.01. The highest BCUT2D eigenvalue weighted by atomic mass is 32.1. The SMILES string of the molecule is CCc1nc2sc([C@H](c3cccc(C)c3)N3CCCC3)c(O)n2n1. The van der Waals surface area contributed by atoms with Crippen LogP contribution in [0, 0.1) is 6.92 Å². The van der Waals surface area contributed by atoms with Crippen LogP contribution in [-0.2, 0) is 6.42 Å². The molecule has 1 aliphatic heterocycles. The number of aromatic hydroxyl groups is 1. The summed E-state index contributed by atoms with van der Waals surface area (Å²) >= 11 is 1.55. The lowest BCUT2D eigenvalue weighted by Gasteiger charge is -2.27. The highest BCUT2D eigenvalue weighted by Crippen LogP contribution is 2.41. The van der Waals surface area contributed by atoms with Gasteiger partial charge in [-0.15, -0.1) is 5.10 Å². The summed E-state index contributed by atoms with van der Waals surface area (Å²) in [6.07, 6.45) is 3.20. The van der Waals surface area contributed by atoms with Gasteiger partial charge in [-0.2, -0.15) is 4.52 Å². The van der Waals surface area contributed by atoms with Crippen molar-refractivity contribution in [2.75, 3.05) is 13.1 Å². The Labute approximate surface area is 145 Å². The highest BCUT2D eigenvalue weighted by Gasteiger charge is 2.31. The Balaban J connectivity index is 1.83. The fourth-order valence-electron chi connectivity index (χ4n) is 3.49. The van der Waals surface area contributed by atoms with Crippen molar-refractivity contribution in [3.05, 3.63) is 46.1 Å². The van der Waals surface area contributed by atoms with Crippen LogP contribution in [-0.4, -0.2) is 37.7 Å². The van der Waals surface area contributed by atoms with Gasteiger partial charge in [0.2, 0.25) is 10.8 Å². The first-order valence-corrected chi connectivity index (χ1v) is 9.37. The fraction of sp³-hybridized carbons (Fsp3) is 0.444. The second-order valence-corrected chi connectivity index (χ2v) is 7.43. The molecule has 6 heteroatoms. The molecule has 0 amide bonds. The Morgan fingerprint density at radius 2 is 2.08 bits per heavy atom. The standard InChI is InChI=1S/C18H22N4OS/c1-3-14-19-18-22(20-14)17(23)16(24-18)15(21-9-4-5-10-21)13-8-6-7-12(2)11-13/h6-8,11,15,23H,3-5,9-10H2,1-2H3/t15-/m0/s1. The van der Waals surface area contributed by atoms with E-state index in [2.05, 4.69) is 46.2 Å². The van der Waals surface area contributed by atoms with Crippen LogP contribution in [0.15, 0.2) is 24.3 Å². The smallest absolute Gasteiger partial charge is 0.230 e. The third-order valence-corrected chi connectivity index (χ3v) is 5.74. The van der Waals surface area contributed by atoms with Gasteiger partial charge in [0.1, 0.15) is 0 Å². The van der Waals surface area contributed by atoms with Crippen LogP contribution in [0.3, 0.4) is 0 Å². The monoisotopic (exact) mass is 342 g/mol. The maximum atomic E-state index is 10.8. The van der Waals surface area contributed by atoms with Crippen LogP contribution in [0.2, 0.25) is 0 Å². The van der Waals surface area contributed by atoms with E-state index < -0.39 is 0 Å². The summed E-state index contributed by atoms with van der Waals surface area (Å²) in [6, 6.07) is 8.65. The highest BCUT2D eigenvalue weighted by molar-refractivity contribution is 7.17. The van der Waals surface area contributed by atoms with Crippen LogP contribution in [0.4, 0.5) is 0 Å². The summed E-state index contributed by atoms with van der Waals surface area (Å²) in [6.45, 7) is 6.26. The van der Waals surface area contributed by atoms with Crippen molar-refractivity contribution < 1.29 is 5.11 Å². The summed E-state index contributed by atoms with van der Waals surface area (Å²) in [4.78, 5) is 8.70. The van der Waals surface area contributed by atoms with E-state index in [1.807, 2.05) is 6.92 Å². The number of aromatic nitrogens is 3. The molecule has 1 atom stereocenters. The Hall–Kier alpha value is -1.92. The molecule has 126 valence electrons. The van der Waals surface area contributed by atoms with Crippen molar-refractivity contribution in [3.63, 3.8) is 0 Å². The third kappa shape index (κ3) is 2.59. The van der Waals surface area contributed by atoms with E-state index in [1.165, 1.54) is 24.0 Å². The van der Waals surface area contributed by atoms with Crippen molar-refractivity contribution in [1.29, 1.82) is 0 Å². The van der Waals surface area contributed by atoms with E-state index in [-0.39, 0.29) is 11.9 Å². The van der Waals surface area contributed by atoms with E-state index in [9.17, 15) is 5.11 Å². The number of likely N-dealkylation sites (tertiary alicyclic amines) is 1. The normalized spacial score (nSPS) is 16.9. The van der Waals surface area contributed by atoms with Crippen molar-refractivity contribution in [2.45, 2.75) is 39.2 Å². The number of rotatable bonds is 4. The maximum Gasteiger partial charge on any atom is 0.230 e. The van der Waals surface area contributed by atoms with Crippen molar-refractivity contribution >= 4 is 16.3 Å². The quantitative estimate of drug-likeness (QED) is 0.788. The van der Waals surface area contributed by atoms with E-state index in [4.69, 9.17) is 0 Å². The molecule has 3 heterocycles. The Morgan fingerprint density at radius 1 is 1.29 bits per heavy atom. The predicted molar refractivity (Wildman–Crippen MR) is 95.7 cm³/mol. The molecule has 0 spiro atoms. The van der Waals surface area contributed by atoms with Crippen LogP contribution in [0.25, 0.3) is 4.96 Å². The minimum Gasteiger partial charge on any atom is -0.492 e. The molecule has 5 nitrogen and oxygen atoms in total. The zero-order chi connectivity index (χ0) is 16.7. The van der Waals surface area contributed by atoms with Gasteiger partial charge >= 0.3 is 0 Å². The molecule has 1 aromatic carbocycles. The molecular formula is C18H22N4OS. The maximum absolute atomic E-state index is 10.8. The molecule has 0 saturated carbocycles. The van der Waals surface area contributed by atoms with E-state index in [1.54, 1.807) is 15.9 Å². The number of hydrogen-bond donors (Lipinski definition) is 1. The number of fused-ring (bicyclic) bond motifs is 1. The van der Waals surface area contributed by atoms with E-state index >= 15 is 0 Å². The van der Waals surface area contributed by atoms with Gasteiger partial charge in [-0.05, 0) is 38.4 Å². The lowest BCUT2D eigenvalue weighted by Crippen LogP contribution is -2.26. The van der Waals surface area contributed by atoms with Crippen LogP contribution < -0.4 is 0 Å². The zero-order valence-electron chi connectivity index (χ0n) is 14.1. The number of benzene rings is 1. The average molecular weight is 342 g/mol. The van der Waals surface area contributed by atoms with Gasteiger partial charge in [0.15, 0.2) is 5.82 Å². The minimum atomic E-state index is 0.0750. The van der Waals surface area contributed by atoms with Gasteiger partial charge in [0, 0.05) is 6.42 Å². The third-order valence-electron chi connectivity index (χ3n) is 4.67. The largest absolute Gasteiger partial charge is 0.492 e. The number of thiazole rings is 1. The fourth-order valence-corrected chi connectivity index (χ4v) is 4.62. The van der Waals surface area contributed by atoms with Gasteiger partial charge in [0.05, 0.1) is 10.9 Å². The summed E-state index contributed by atoms with van der Waals surface area (Å²) in [5.41, 5.74) is 2.47. The minimum absolute atomic E-state index is 0.0750. The second kappa shape index (κ2) is 6.18. The molecule has 1 fully saturated rings. The molecule has 0 radical (unpaired) electrons. The summed E-state index contributed by atoms with van der Waals surface area (Å²) < 4.78 is 1.59. The molecule has 1 aliphatic rings. The summed E-state index contributed by atoms with van der Waals surface area (Å²) in [7, 11) is 0. The van der Waals surface area contributed by atoms with E-state index in [0.29, 0.717) is 0 Å². The molecule has 0 bridgehead atoms. The first-order chi connectivity index (χ1) is 11.7. The number of hydrogen-bond acceptors (Lipinski definition) is 5. The molecule has 1 N–H and O–H groups in total. The predicted octanol–water partition coefficient (Wildman–Crippen LogP) is 3.55. The first-order valence-electron chi connectivity index (χ1n) is 8.55. The van der Waals surface area contributed by atoms with Gasteiger partial charge in [0.25, 0.3) is 0 Å². The van der Waals surface area contributed by atoms with Gasteiger partial charge in [-0.1, -0.05) is 48.1 Å². The Bertz CT molecular complexity index is 863. The van der Waals surface area contributed by atoms with E-state index in [0.717, 1.165) is 35.2 Å². The van der Waals surface area contributed by atoms with Gasteiger partial charge in [-0.25, -0.2) is 4.98 Å². The summed E-state index contributed by atoms with van der Waals surface area (Å²) in [5, 5.41) is 15.2. The average Bonchev–Trinajstić information content (AvgIpc) is 3.28. The lowest BCUT2D eigenvalue weighted by atomic mass is 10.0. The van der Waals surface area contributed by atoms with Crippen LogP contribution in [0.1, 0.15) is 47.6 Å². The molecule has 3 aromatic rings. The van der Waals surface area contributed by atoms with Gasteiger partial charge < -0.3 is 5.11 Å². The molecule has 0 aliphatic carbocycles.